The van der Waals surface area contributed by atoms with E-state index < -0.39 is 19.9 Å². The largest absolute Gasteiger partial charge is 0.425 e. The van der Waals surface area contributed by atoms with Gasteiger partial charge in [-0.15, -0.1) is 0 Å². The smallest absolute Gasteiger partial charge is 0.419 e. The molecule has 8 heteroatoms. The molecule has 0 bridgehead atoms. The summed E-state index contributed by atoms with van der Waals surface area (Å²) < 4.78 is 61.9. The van der Waals surface area contributed by atoms with Gasteiger partial charge < -0.3 is 4.52 Å². The molecule has 2 rings (SSSR count). The van der Waals surface area contributed by atoms with E-state index in [-0.39, 0.29) is 16.3 Å². The maximum Gasteiger partial charge on any atom is 0.419 e. The highest BCUT2D eigenvalue weighted by molar-refractivity contribution is 7.53. The Kier molecular flexibility index (Phi) is 5.40. The summed E-state index contributed by atoms with van der Waals surface area (Å²) >= 11 is 5.67. The van der Waals surface area contributed by atoms with Crippen molar-refractivity contribution >= 4 is 19.2 Å². The zero-order chi connectivity index (χ0) is 17.1. The first-order valence-electron chi connectivity index (χ1n) is 6.50. The summed E-state index contributed by atoms with van der Waals surface area (Å²) in [5, 5.41) is 0.287. The average molecular weight is 365 g/mol. The van der Waals surface area contributed by atoms with Crippen molar-refractivity contribution in [3.8, 4) is 5.75 Å². The third kappa shape index (κ3) is 5.27. The van der Waals surface area contributed by atoms with Gasteiger partial charge in [-0.05, 0) is 29.8 Å². The third-order valence-electron chi connectivity index (χ3n) is 2.78. The monoisotopic (exact) mass is 364 g/mol. The lowest BCUT2D eigenvalue weighted by molar-refractivity contribution is -0.199. The number of halogens is 4. The number of para-hydroxylation sites is 1. The van der Waals surface area contributed by atoms with Crippen LogP contribution in [0.2, 0.25) is 5.02 Å². The summed E-state index contributed by atoms with van der Waals surface area (Å²) in [6.45, 7) is 0.995. The van der Waals surface area contributed by atoms with Crippen LogP contribution in [-0.2, 0) is 9.09 Å². The van der Waals surface area contributed by atoms with Crippen LogP contribution in [0.15, 0.2) is 54.6 Å². The fourth-order valence-corrected chi connectivity index (χ4v) is 3.13. The van der Waals surface area contributed by atoms with Gasteiger partial charge in [0.05, 0.1) is 0 Å². The van der Waals surface area contributed by atoms with E-state index in [0.717, 1.165) is 6.66 Å². The first-order chi connectivity index (χ1) is 10.7. The Morgan fingerprint density at radius 1 is 1.04 bits per heavy atom. The van der Waals surface area contributed by atoms with Crippen LogP contribution in [0.5, 0.6) is 5.75 Å². The van der Waals surface area contributed by atoms with E-state index in [2.05, 4.69) is 0 Å². The number of rotatable bonds is 5. The summed E-state index contributed by atoms with van der Waals surface area (Å²) in [6.07, 6.45) is -7.13. The minimum Gasteiger partial charge on any atom is -0.425 e. The maximum atomic E-state index is 13.2. The number of hydrogen-bond acceptors (Lipinski definition) is 3. The van der Waals surface area contributed by atoms with Crippen molar-refractivity contribution in [2.24, 2.45) is 0 Å². The number of benzene rings is 2. The molecule has 0 unspecified atom stereocenters. The molecule has 0 saturated carbocycles. The van der Waals surface area contributed by atoms with E-state index in [1.54, 1.807) is 18.2 Å². The van der Waals surface area contributed by atoms with Crippen LogP contribution in [-0.4, -0.2) is 12.8 Å². The lowest BCUT2D eigenvalue weighted by Crippen LogP contribution is -2.23. The van der Waals surface area contributed by atoms with Crippen LogP contribution >= 0.6 is 19.2 Å². The number of hydrogen-bond donors (Lipinski definition) is 0. The molecule has 0 saturated heterocycles. The van der Waals surface area contributed by atoms with Crippen molar-refractivity contribution in [3.63, 3.8) is 0 Å². The third-order valence-corrected chi connectivity index (χ3v) is 4.17. The van der Waals surface area contributed by atoms with Gasteiger partial charge >= 0.3 is 13.8 Å². The second-order valence-electron chi connectivity index (χ2n) is 4.75. The van der Waals surface area contributed by atoms with Gasteiger partial charge in [-0.3, -0.25) is 4.52 Å². The zero-order valence-corrected chi connectivity index (χ0v) is 13.6. The molecule has 0 radical (unpaired) electrons. The molecule has 3 nitrogen and oxygen atoms in total. The standard InChI is InChI=1S/C15H13ClF3O3P/c1-23(20,21-13-5-3-2-4-6-13)22-14(15(17,18)19)11-7-9-12(16)10-8-11/h2-10,14H,1H3/t14-,23+/m1/s1. The first-order valence-corrected chi connectivity index (χ1v) is 8.87. The Morgan fingerprint density at radius 3 is 2.13 bits per heavy atom. The Morgan fingerprint density at radius 2 is 1.61 bits per heavy atom. The predicted molar refractivity (Wildman–Crippen MR) is 81.9 cm³/mol. The van der Waals surface area contributed by atoms with Gasteiger partial charge in [-0.25, -0.2) is 4.57 Å². The maximum absolute atomic E-state index is 13.2. The lowest BCUT2D eigenvalue weighted by Gasteiger charge is -2.25. The van der Waals surface area contributed by atoms with Crippen LogP contribution in [0.25, 0.3) is 0 Å². The fourth-order valence-electron chi connectivity index (χ4n) is 1.83. The SMILES string of the molecule is C[P@](=O)(Oc1ccccc1)O[C@H](c1ccc(Cl)cc1)C(F)(F)F. The molecule has 0 aromatic heterocycles. The quantitative estimate of drug-likeness (QED) is 0.623. The normalized spacial score (nSPS) is 15.7. The molecule has 124 valence electrons. The molecule has 23 heavy (non-hydrogen) atoms. The van der Waals surface area contributed by atoms with E-state index >= 15 is 0 Å². The molecular formula is C15H13ClF3O3P. The van der Waals surface area contributed by atoms with Crippen LogP contribution in [0.1, 0.15) is 11.7 Å². The van der Waals surface area contributed by atoms with Gasteiger partial charge in [0.2, 0.25) is 0 Å². The predicted octanol–water partition coefficient (Wildman–Crippen LogP) is 5.86. The number of alkyl halides is 3. The van der Waals surface area contributed by atoms with Gasteiger partial charge in [0.1, 0.15) is 5.75 Å². The second-order valence-corrected chi connectivity index (χ2v) is 7.13. The van der Waals surface area contributed by atoms with Gasteiger partial charge in [-0.2, -0.15) is 13.2 Å². The molecule has 2 aromatic carbocycles. The van der Waals surface area contributed by atoms with Crippen molar-refractivity contribution in [1.29, 1.82) is 0 Å². The molecule has 2 atom stereocenters. The highest BCUT2D eigenvalue weighted by atomic mass is 35.5. The van der Waals surface area contributed by atoms with Crippen LogP contribution < -0.4 is 4.52 Å². The Balaban J connectivity index is 2.23. The Bertz CT molecular complexity index is 689. The molecule has 0 aliphatic heterocycles. The molecule has 0 spiro atoms. The molecular weight excluding hydrogens is 352 g/mol. The Hall–Kier alpha value is -1.49. The van der Waals surface area contributed by atoms with Crippen LogP contribution in [0.3, 0.4) is 0 Å². The second kappa shape index (κ2) is 6.95. The highest BCUT2D eigenvalue weighted by Crippen LogP contribution is 2.52. The summed E-state index contributed by atoms with van der Waals surface area (Å²) in [4.78, 5) is 0. The van der Waals surface area contributed by atoms with Crippen LogP contribution in [0, 0.1) is 0 Å². The lowest BCUT2D eigenvalue weighted by atomic mass is 10.1. The van der Waals surface area contributed by atoms with Gasteiger partial charge in [-0.1, -0.05) is 41.9 Å². The van der Waals surface area contributed by atoms with Gasteiger partial charge in [0.15, 0.2) is 6.10 Å². The van der Waals surface area contributed by atoms with Gasteiger partial charge in [0.25, 0.3) is 0 Å². The van der Waals surface area contributed by atoms with E-state index in [1.165, 1.54) is 36.4 Å². The minimum atomic E-state index is -4.75. The first kappa shape index (κ1) is 17.9. The average Bonchev–Trinajstić information content (AvgIpc) is 2.45. The van der Waals surface area contributed by atoms with Crippen molar-refractivity contribution in [2.45, 2.75) is 12.3 Å². The highest BCUT2D eigenvalue weighted by Gasteiger charge is 2.45. The molecule has 0 fully saturated rings. The van der Waals surface area contributed by atoms with E-state index in [9.17, 15) is 17.7 Å². The van der Waals surface area contributed by atoms with Crippen molar-refractivity contribution < 1.29 is 26.8 Å². The van der Waals surface area contributed by atoms with E-state index in [1.807, 2.05) is 0 Å². The summed E-state index contributed by atoms with van der Waals surface area (Å²) in [6, 6.07) is 12.8. The molecule has 0 aliphatic rings. The van der Waals surface area contributed by atoms with E-state index in [4.69, 9.17) is 20.6 Å². The van der Waals surface area contributed by atoms with Gasteiger partial charge in [0, 0.05) is 11.7 Å². The summed E-state index contributed by atoms with van der Waals surface area (Å²) in [7, 11) is -4.00. The zero-order valence-electron chi connectivity index (χ0n) is 12.0. The topological polar surface area (TPSA) is 35.5 Å². The van der Waals surface area contributed by atoms with Crippen molar-refractivity contribution in [2.75, 3.05) is 6.66 Å². The molecule has 0 amide bonds. The fraction of sp³-hybridized carbons (Fsp3) is 0.200. The summed E-state index contributed by atoms with van der Waals surface area (Å²) in [5.74, 6) is 0.162. The van der Waals surface area contributed by atoms with Crippen molar-refractivity contribution in [3.05, 3.63) is 65.2 Å². The Labute approximate surface area is 136 Å². The molecule has 0 heterocycles. The minimum absolute atomic E-state index is 0.162. The molecule has 2 aromatic rings. The van der Waals surface area contributed by atoms with E-state index in [0.29, 0.717) is 0 Å². The molecule has 0 N–H and O–H groups in total. The summed E-state index contributed by atoms with van der Waals surface area (Å²) in [5.41, 5.74) is -0.208. The van der Waals surface area contributed by atoms with Crippen LogP contribution in [0.4, 0.5) is 13.2 Å². The molecule has 0 aliphatic carbocycles. The van der Waals surface area contributed by atoms with Crippen molar-refractivity contribution in [1.82, 2.24) is 0 Å².